The summed E-state index contributed by atoms with van der Waals surface area (Å²) in [5, 5.41) is 0.816. The van der Waals surface area contributed by atoms with Gasteiger partial charge in [-0.3, -0.25) is 4.79 Å². The van der Waals surface area contributed by atoms with Crippen molar-refractivity contribution in [2.45, 2.75) is 20.8 Å². The first kappa shape index (κ1) is 18.4. The largest absolute Gasteiger partial charge is 0.485 e. The number of halogens is 2. The standard InChI is InChI=1S/C17H17Cl2NO4/c1-4-23-17(22)16-10(3)20-9(2)15(16)14(21)8-24-13-6-11(18)5-12(19)7-13/h5-7,20H,4,8H2,1-3H3. The molecule has 0 saturated heterocycles. The van der Waals surface area contributed by atoms with Gasteiger partial charge in [-0.2, -0.15) is 0 Å². The van der Waals surface area contributed by atoms with Crippen molar-refractivity contribution in [2.24, 2.45) is 0 Å². The molecular weight excluding hydrogens is 353 g/mol. The van der Waals surface area contributed by atoms with E-state index in [4.69, 9.17) is 32.7 Å². The number of nitrogens with one attached hydrogen (secondary N) is 1. The first-order valence-corrected chi connectivity index (χ1v) is 8.07. The monoisotopic (exact) mass is 369 g/mol. The average Bonchev–Trinajstić information content (AvgIpc) is 2.78. The fourth-order valence-electron chi connectivity index (χ4n) is 2.42. The number of hydrogen-bond acceptors (Lipinski definition) is 4. The number of ether oxygens (including phenoxy) is 2. The lowest BCUT2D eigenvalue weighted by Gasteiger charge is -2.08. The molecule has 0 bridgehead atoms. The zero-order valence-electron chi connectivity index (χ0n) is 13.5. The second kappa shape index (κ2) is 7.73. The van der Waals surface area contributed by atoms with Crippen molar-refractivity contribution in [2.75, 3.05) is 13.2 Å². The van der Waals surface area contributed by atoms with Gasteiger partial charge in [0.2, 0.25) is 5.78 Å². The first-order valence-electron chi connectivity index (χ1n) is 7.31. The van der Waals surface area contributed by atoms with Crippen LogP contribution in [0.1, 0.15) is 39.0 Å². The maximum absolute atomic E-state index is 12.5. The van der Waals surface area contributed by atoms with Crippen LogP contribution >= 0.6 is 23.2 Å². The molecule has 0 spiro atoms. The molecule has 1 N–H and O–H groups in total. The molecule has 0 aliphatic rings. The lowest BCUT2D eigenvalue weighted by molar-refractivity contribution is 0.0522. The van der Waals surface area contributed by atoms with Gasteiger partial charge < -0.3 is 14.5 Å². The number of aryl methyl sites for hydroxylation is 2. The smallest absolute Gasteiger partial charge is 0.340 e. The van der Waals surface area contributed by atoms with Gasteiger partial charge in [0.1, 0.15) is 5.75 Å². The normalized spacial score (nSPS) is 10.5. The Morgan fingerprint density at radius 3 is 2.21 bits per heavy atom. The van der Waals surface area contributed by atoms with Crippen molar-refractivity contribution in [3.63, 3.8) is 0 Å². The number of esters is 1. The Bertz CT molecular complexity index is 763. The van der Waals surface area contributed by atoms with Gasteiger partial charge in [-0.15, -0.1) is 0 Å². The van der Waals surface area contributed by atoms with Gasteiger partial charge in [-0.05, 0) is 39.0 Å². The van der Waals surface area contributed by atoms with Crippen molar-refractivity contribution >= 4 is 35.0 Å². The molecule has 7 heteroatoms. The SMILES string of the molecule is CCOC(=O)c1c(C)[nH]c(C)c1C(=O)COc1cc(Cl)cc(Cl)c1. The molecule has 2 rings (SSSR count). The number of ketones is 1. The van der Waals surface area contributed by atoms with Crippen LogP contribution in [0.3, 0.4) is 0 Å². The van der Waals surface area contributed by atoms with Gasteiger partial charge in [-0.1, -0.05) is 23.2 Å². The third-order valence-electron chi connectivity index (χ3n) is 3.34. The molecule has 0 fully saturated rings. The summed E-state index contributed by atoms with van der Waals surface area (Å²) in [7, 11) is 0. The van der Waals surface area contributed by atoms with E-state index in [1.807, 2.05) is 0 Å². The van der Waals surface area contributed by atoms with E-state index in [1.165, 1.54) is 0 Å². The number of Topliss-reactive ketones (excluding diaryl/α,β-unsaturated/α-hetero) is 1. The maximum Gasteiger partial charge on any atom is 0.340 e. The van der Waals surface area contributed by atoms with Gasteiger partial charge >= 0.3 is 5.97 Å². The van der Waals surface area contributed by atoms with Crippen LogP contribution in [-0.4, -0.2) is 30.0 Å². The first-order chi connectivity index (χ1) is 11.3. The van der Waals surface area contributed by atoms with Crippen LogP contribution < -0.4 is 4.74 Å². The molecule has 1 aromatic heterocycles. The van der Waals surface area contributed by atoms with E-state index in [0.29, 0.717) is 27.2 Å². The van der Waals surface area contributed by atoms with E-state index in [1.54, 1.807) is 39.0 Å². The van der Waals surface area contributed by atoms with Crippen LogP contribution in [0.4, 0.5) is 0 Å². The van der Waals surface area contributed by atoms with Gasteiger partial charge in [0, 0.05) is 21.4 Å². The summed E-state index contributed by atoms with van der Waals surface area (Å²) in [6.45, 7) is 5.13. The van der Waals surface area contributed by atoms with Crippen LogP contribution in [0.2, 0.25) is 10.0 Å². The van der Waals surface area contributed by atoms with E-state index in [0.717, 1.165) is 0 Å². The van der Waals surface area contributed by atoms with Crippen molar-refractivity contribution in [1.82, 2.24) is 4.98 Å². The van der Waals surface area contributed by atoms with Crippen molar-refractivity contribution in [1.29, 1.82) is 0 Å². The van der Waals surface area contributed by atoms with Gasteiger partial charge in [0.15, 0.2) is 6.61 Å². The van der Waals surface area contributed by atoms with E-state index < -0.39 is 5.97 Å². The summed E-state index contributed by atoms with van der Waals surface area (Å²) in [5.74, 6) is -0.493. The number of benzene rings is 1. The summed E-state index contributed by atoms with van der Waals surface area (Å²) in [5.41, 5.74) is 1.69. The zero-order chi connectivity index (χ0) is 17.9. The molecule has 0 atom stereocenters. The third-order valence-corrected chi connectivity index (χ3v) is 3.78. The Morgan fingerprint density at radius 2 is 1.62 bits per heavy atom. The Balaban J connectivity index is 2.22. The number of H-pyrrole nitrogens is 1. The van der Waals surface area contributed by atoms with Crippen molar-refractivity contribution in [3.05, 3.63) is 50.8 Å². The number of aromatic nitrogens is 1. The summed E-state index contributed by atoms with van der Waals surface area (Å²) >= 11 is 11.8. The van der Waals surface area contributed by atoms with Crippen molar-refractivity contribution in [3.8, 4) is 5.75 Å². The minimum Gasteiger partial charge on any atom is -0.485 e. The molecule has 1 aromatic carbocycles. The lowest BCUT2D eigenvalue weighted by atomic mass is 10.1. The highest BCUT2D eigenvalue weighted by Crippen LogP contribution is 2.25. The molecule has 0 radical (unpaired) electrons. The minimum absolute atomic E-state index is 0.230. The zero-order valence-corrected chi connectivity index (χ0v) is 15.0. The minimum atomic E-state index is -0.534. The second-order valence-electron chi connectivity index (χ2n) is 5.16. The van der Waals surface area contributed by atoms with Gasteiger partial charge in [-0.25, -0.2) is 4.79 Å². The number of carbonyl (C=O) groups is 2. The fourth-order valence-corrected chi connectivity index (χ4v) is 2.93. The highest BCUT2D eigenvalue weighted by Gasteiger charge is 2.25. The number of hydrogen-bond donors (Lipinski definition) is 1. The summed E-state index contributed by atoms with van der Waals surface area (Å²) in [4.78, 5) is 27.6. The van der Waals surface area contributed by atoms with Crippen LogP contribution in [-0.2, 0) is 4.74 Å². The summed E-state index contributed by atoms with van der Waals surface area (Å²) in [6.07, 6.45) is 0. The molecule has 0 amide bonds. The molecule has 0 unspecified atom stereocenters. The molecule has 0 saturated carbocycles. The van der Waals surface area contributed by atoms with Crippen molar-refractivity contribution < 1.29 is 19.1 Å². The molecule has 5 nitrogen and oxygen atoms in total. The van der Waals surface area contributed by atoms with E-state index >= 15 is 0 Å². The molecule has 0 aliphatic heterocycles. The molecule has 1 heterocycles. The van der Waals surface area contributed by atoms with Crippen LogP contribution in [0.15, 0.2) is 18.2 Å². The Hall–Kier alpha value is -1.98. The van der Waals surface area contributed by atoms with E-state index in [2.05, 4.69) is 4.98 Å². The van der Waals surface area contributed by atoms with Crippen LogP contribution in [0.25, 0.3) is 0 Å². The highest BCUT2D eigenvalue weighted by molar-refractivity contribution is 6.34. The van der Waals surface area contributed by atoms with Gasteiger partial charge in [0.05, 0.1) is 17.7 Å². The Kier molecular flexibility index (Phi) is 5.91. The summed E-state index contributed by atoms with van der Waals surface area (Å²) < 4.78 is 10.5. The second-order valence-corrected chi connectivity index (χ2v) is 6.04. The number of aromatic amines is 1. The van der Waals surface area contributed by atoms with E-state index in [9.17, 15) is 9.59 Å². The molecule has 24 heavy (non-hydrogen) atoms. The Labute approximate surface area is 149 Å². The molecule has 2 aromatic rings. The predicted octanol–water partition coefficient (Wildman–Crippen LogP) is 4.38. The predicted molar refractivity (Wildman–Crippen MR) is 92.5 cm³/mol. The number of rotatable bonds is 6. The lowest BCUT2D eigenvalue weighted by Crippen LogP contribution is -2.17. The van der Waals surface area contributed by atoms with Gasteiger partial charge in [0.25, 0.3) is 0 Å². The quantitative estimate of drug-likeness (QED) is 0.605. The highest BCUT2D eigenvalue weighted by atomic mass is 35.5. The Morgan fingerprint density at radius 1 is 1.04 bits per heavy atom. The third kappa shape index (κ3) is 4.10. The molecular formula is C17H17Cl2NO4. The molecule has 0 aliphatic carbocycles. The summed E-state index contributed by atoms with van der Waals surface area (Å²) in [6, 6.07) is 4.68. The average molecular weight is 370 g/mol. The van der Waals surface area contributed by atoms with E-state index in [-0.39, 0.29) is 30.1 Å². The fraction of sp³-hybridized carbons (Fsp3) is 0.294. The maximum atomic E-state index is 12.5. The number of carbonyl (C=O) groups excluding carboxylic acids is 2. The van der Waals surface area contributed by atoms with Crippen LogP contribution in [0, 0.1) is 13.8 Å². The topological polar surface area (TPSA) is 68.4 Å². The van der Waals surface area contributed by atoms with Crippen LogP contribution in [0.5, 0.6) is 5.75 Å². The molecule has 128 valence electrons.